The van der Waals surface area contributed by atoms with Gasteiger partial charge in [0.05, 0.1) is 18.6 Å². The zero-order valence-electron chi connectivity index (χ0n) is 15.9. The third-order valence-electron chi connectivity index (χ3n) is 3.54. The Morgan fingerprint density at radius 3 is 2.33 bits per heavy atom. The summed E-state index contributed by atoms with van der Waals surface area (Å²) in [7, 11) is -0.671. The number of amides is 1. The van der Waals surface area contributed by atoms with E-state index >= 15 is 0 Å². The molecule has 0 aliphatic carbocycles. The van der Waals surface area contributed by atoms with Crippen molar-refractivity contribution >= 4 is 32.0 Å². The molecule has 9 heteroatoms. The van der Waals surface area contributed by atoms with Gasteiger partial charge in [-0.2, -0.15) is 0 Å². The standard InChI is InChI=1S/C18H23BrN2O5S/c1-18(2,3)26-17(22)20(4)11-13-10-16(19)21(12-13)27(23,24)15-8-6-14(25-5)7-9-15/h6-10,12H,11H2,1-5H3. The van der Waals surface area contributed by atoms with Gasteiger partial charge in [0, 0.05) is 13.2 Å². The van der Waals surface area contributed by atoms with Crippen LogP contribution in [-0.4, -0.2) is 43.1 Å². The summed E-state index contributed by atoms with van der Waals surface area (Å²) in [5.41, 5.74) is 0.0440. The van der Waals surface area contributed by atoms with Crippen LogP contribution >= 0.6 is 15.9 Å². The molecule has 0 spiro atoms. The molecule has 2 aromatic rings. The molecular weight excluding hydrogens is 436 g/mol. The summed E-state index contributed by atoms with van der Waals surface area (Å²) in [6.07, 6.45) is 0.995. The maximum atomic E-state index is 12.9. The van der Waals surface area contributed by atoms with E-state index in [0.29, 0.717) is 15.9 Å². The molecule has 0 N–H and O–H groups in total. The molecule has 7 nitrogen and oxygen atoms in total. The van der Waals surface area contributed by atoms with E-state index in [1.165, 1.54) is 30.3 Å². The molecular formula is C18H23BrN2O5S. The van der Waals surface area contributed by atoms with Crippen LogP contribution in [0.2, 0.25) is 0 Å². The van der Waals surface area contributed by atoms with Crippen LogP contribution in [0.4, 0.5) is 4.79 Å². The number of carbonyl (C=O) groups is 1. The third-order valence-corrected chi connectivity index (χ3v) is 6.07. The number of aromatic nitrogens is 1. The molecule has 0 saturated carbocycles. The van der Waals surface area contributed by atoms with E-state index in [1.807, 2.05) is 0 Å². The lowest BCUT2D eigenvalue weighted by Crippen LogP contribution is -2.33. The fourth-order valence-corrected chi connectivity index (χ4v) is 4.51. The highest BCUT2D eigenvalue weighted by Crippen LogP contribution is 2.25. The van der Waals surface area contributed by atoms with Crippen LogP contribution in [0.5, 0.6) is 5.75 Å². The highest BCUT2D eigenvalue weighted by Gasteiger charge is 2.23. The van der Waals surface area contributed by atoms with E-state index in [1.54, 1.807) is 46.0 Å². The van der Waals surface area contributed by atoms with Crippen LogP contribution < -0.4 is 4.74 Å². The lowest BCUT2D eigenvalue weighted by atomic mass is 10.2. The van der Waals surface area contributed by atoms with Gasteiger partial charge in [0.25, 0.3) is 10.0 Å². The van der Waals surface area contributed by atoms with Crippen LogP contribution in [0.3, 0.4) is 0 Å². The number of halogens is 1. The molecule has 1 aromatic carbocycles. The number of hydrogen-bond acceptors (Lipinski definition) is 5. The smallest absolute Gasteiger partial charge is 0.410 e. The molecule has 0 aliphatic heterocycles. The average Bonchev–Trinajstić information content (AvgIpc) is 2.94. The van der Waals surface area contributed by atoms with Crippen molar-refractivity contribution in [3.05, 3.63) is 46.7 Å². The Morgan fingerprint density at radius 2 is 1.81 bits per heavy atom. The Balaban J connectivity index is 2.23. The van der Waals surface area contributed by atoms with Gasteiger partial charge < -0.3 is 14.4 Å². The largest absolute Gasteiger partial charge is 0.497 e. The monoisotopic (exact) mass is 458 g/mol. The van der Waals surface area contributed by atoms with Crippen molar-refractivity contribution in [1.82, 2.24) is 8.87 Å². The molecule has 0 fully saturated rings. The second-order valence-corrected chi connectivity index (χ2v) is 9.61. The van der Waals surface area contributed by atoms with Crippen molar-refractivity contribution in [2.75, 3.05) is 14.2 Å². The van der Waals surface area contributed by atoms with E-state index in [0.717, 1.165) is 3.97 Å². The molecule has 1 heterocycles. The first-order valence-electron chi connectivity index (χ1n) is 8.14. The summed E-state index contributed by atoms with van der Waals surface area (Å²) in [4.78, 5) is 13.6. The molecule has 0 saturated heterocycles. The average molecular weight is 459 g/mol. The third kappa shape index (κ3) is 5.26. The van der Waals surface area contributed by atoms with Crippen LogP contribution in [0.1, 0.15) is 26.3 Å². The van der Waals surface area contributed by atoms with Gasteiger partial charge in [0.1, 0.15) is 16.0 Å². The lowest BCUT2D eigenvalue weighted by Gasteiger charge is -2.24. The molecule has 0 aliphatic rings. The second kappa shape index (κ2) is 7.93. The lowest BCUT2D eigenvalue weighted by molar-refractivity contribution is 0.0285. The molecule has 0 unspecified atom stereocenters. The van der Waals surface area contributed by atoms with Gasteiger partial charge in [-0.3, -0.25) is 0 Å². The number of carbonyl (C=O) groups excluding carboxylic acids is 1. The predicted octanol–water partition coefficient (Wildman–Crippen LogP) is 3.86. The van der Waals surface area contributed by atoms with Crippen molar-refractivity contribution in [2.45, 2.75) is 37.8 Å². The van der Waals surface area contributed by atoms with Crippen LogP contribution in [-0.2, 0) is 21.3 Å². The number of nitrogens with zero attached hydrogens (tertiary/aromatic N) is 2. The van der Waals surface area contributed by atoms with Gasteiger partial charge in [0.15, 0.2) is 0 Å². The van der Waals surface area contributed by atoms with Gasteiger partial charge in [0.2, 0.25) is 0 Å². The number of hydrogen-bond donors (Lipinski definition) is 0. The SMILES string of the molecule is COc1ccc(S(=O)(=O)n2cc(CN(C)C(=O)OC(C)(C)C)cc2Br)cc1. The summed E-state index contributed by atoms with van der Waals surface area (Å²) in [6, 6.07) is 7.78. The first-order chi connectivity index (χ1) is 12.4. The van der Waals surface area contributed by atoms with E-state index < -0.39 is 21.7 Å². The number of rotatable bonds is 5. The number of ether oxygens (including phenoxy) is 2. The van der Waals surface area contributed by atoms with Gasteiger partial charge in [-0.25, -0.2) is 17.2 Å². The van der Waals surface area contributed by atoms with Crippen LogP contribution in [0, 0.1) is 0 Å². The van der Waals surface area contributed by atoms with Crippen molar-refractivity contribution in [3.63, 3.8) is 0 Å². The van der Waals surface area contributed by atoms with Crippen molar-refractivity contribution in [3.8, 4) is 5.75 Å². The first kappa shape index (κ1) is 21.3. The van der Waals surface area contributed by atoms with E-state index in [4.69, 9.17) is 9.47 Å². The van der Waals surface area contributed by atoms with Gasteiger partial charge >= 0.3 is 6.09 Å². The van der Waals surface area contributed by atoms with Crippen LogP contribution in [0.15, 0.2) is 46.0 Å². The maximum Gasteiger partial charge on any atom is 0.410 e. The Labute approximate surface area is 168 Å². The van der Waals surface area contributed by atoms with Gasteiger partial charge in [-0.05, 0) is 72.6 Å². The Kier molecular flexibility index (Phi) is 6.26. The molecule has 0 bridgehead atoms. The van der Waals surface area contributed by atoms with E-state index in [9.17, 15) is 13.2 Å². The highest BCUT2D eigenvalue weighted by atomic mass is 79.9. The van der Waals surface area contributed by atoms with Crippen LogP contribution in [0.25, 0.3) is 0 Å². The predicted molar refractivity (Wildman–Crippen MR) is 105 cm³/mol. The number of benzene rings is 1. The first-order valence-corrected chi connectivity index (χ1v) is 10.4. The van der Waals surface area contributed by atoms with Crippen molar-refractivity contribution in [1.29, 1.82) is 0 Å². The normalized spacial score (nSPS) is 11.9. The summed E-state index contributed by atoms with van der Waals surface area (Å²) >= 11 is 3.28. The highest BCUT2D eigenvalue weighted by molar-refractivity contribution is 9.10. The fourth-order valence-electron chi connectivity index (χ4n) is 2.28. The number of methoxy groups -OCH3 is 1. The van der Waals surface area contributed by atoms with Gasteiger partial charge in [-0.1, -0.05) is 0 Å². The summed E-state index contributed by atoms with van der Waals surface area (Å²) in [6.45, 7) is 5.56. The Bertz CT molecular complexity index is 914. The van der Waals surface area contributed by atoms with E-state index in [2.05, 4.69) is 15.9 Å². The molecule has 148 valence electrons. The minimum absolute atomic E-state index is 0.131. The Hall–Kier alpha value is -2.00. The molecule has 27 heavy (non-hydrogen) atoms. The quantitative estimate of drug-likeness (QED) is 0.679. The zero-order valence-corrected chi connectivity index (χ0v) is 18.3. The molecule has 1 aromatic heterocycles. The topological polar surface area (TPSA) is 77.8 Å². The second-order valence-electron chi connectivity index (χ2n) is 6.98. The molecule has 2 rings (SSSR count). The summed E-state index contributed by atoms with van der Waals surface area (Å²) in [5, 5.41) is 0. The van der Waals surface area contributed by atoms with E-state index in [-0.39, 0.29) is 11.4 Å². The molecule has 0 radical (unpaired) electrons. The minimum Gasteiger partial charge on any atom is -0.497 e. The van der Waals surface area contributed by atoms with Gasteiger partial charge in [-0.15, -0.1) is 0 Å². The zero-order chi connectivity index (χ0) is 20.4. The molecule has 1 amide bonds. The summed E-state index contributed by atoms with van der Waals surface area (Å²) < 4.78 is 37.6. The fraction of sp³-hybridized carbons (Fsp3) is 0.389. The minimum atomic E-state index is -3.78. The van der Waals surface area contributed by atoms with Crippen molar-refractivity contribution < 1.29 is 22.7 Å². The summed E-state index contributed by atoms with van der Waals surface area (Å²) in [5.74, 6) is 0.570. The maximum absolute atomic E-state index is 12.9. The Morgan fingerprint density at radius 1 is 1.22 bits per heavy atom. The molecule has 0 atom stereocenters. The van der Waals surface area contributed by atoms with Crippen molar-refractivity contribution in [2.24, 2.45) is 0 Å².